The third-order valence-electron chi connectivity index (χ3n) is 4.84. The molecule has 0 radical (unpaired) electrons. The highest BCUT2D eigenvalue weighted by molar-refractivity contribution is 5.94. The molecule has 182 valence electrons. The van der Waals surface area contributed by atoms with Crippen LogP contribution in [0.2, 0.25) is 0 Å². The van der Waals surface area contributed by atoms with Gasteiger partial charge < -0.3 is 25.3 Å². The zero-order valence-electron chi connectivity index (χ0n) is 18.8. The molecule has 0 bridgehead atoms. The summed E-state index contributed by atoms with van der Waals surface area (Å²) in [7, 11) is 0.970. The second-order valence-corrected chi connectivity index (χ2v) is 7.23. The normalized spacial score (nSPS) is 12.3. The minimum absolute atomic E-state index is 0.113. The van der Waals surface area contributed by atoms with Gasteiger partial charge in [0.25, 0.3) is 5.91 Å². The number of hydrogen-bond donors (Lipinski definition) is 3. The number of nitrogens with two attached hydrogens (primary N) is 1. The first kappa shape index (κ1) is 25.2. The first-order chi connectivity index (χ1) is 16.7. The van der Waals surface area contributed by atoms with Crippen molar-refractivity contribution in [1.82, 2.24) is 10.3 Å². The summed E-state index contributed by atoms with van der Waals surface area (Å²) in [5.41, 5.74) is 5.50. The Labute approximate surface area is 199 Å². The highest BCUT2D eigenvalue weighted by Crippen LogP contribution is 2.37. The lowest BCUT2D eigenvalue weighted by Gasteiger charge is -2.31. The van der Waals surface area contributed by atoms with Crippen LogP contribution in [0.3, 0.4) is 0 Å². The largest absolute Gasteiger partial charge is 0.453 e. The fourth-order valence-electron chi connectivity index (χ4n) is 3.20. The molecule has 0 saturated carbocycles. The van der Waals surface area contributed by atoms with Crippen molar-refractivity contribution in [2.24, 2.45) is 5.73 Å². The number of benzene rings is 2. The number of carbonyl (C=O) groups excluding carboxylic acids is 2. The van der Waals surface area contributed by atoms with Gasteiger partial charge in [0, 0.05) is 32.3 Å². The molecule has 0 fully saturated rings. The number of aromatic nitrogens is 1. The van der Waals surface area contributed by atoms with E-state index in [1.165, 1.54) is 18.5 Å². The maximum absolute atomic E-state index is 15.5. The molecule has 0 unspecified atom stereocenters. The zero-order chi connectivity index (χ0) is 25.6. The summed E-state index contributed by atoms with van der Waals surface area (Å²) in [4.78, 5) is 28.9. The van der Waals surface area contributed by atoms with Gasteiger partial charge in [0.2, 0.25) is 0 Å². The van der Waals surface area contributed by atoms with E-state index in [-0.39, 0.29) is 18.1 Å². The number of halogens is 2. The van der Waals surface area contributed by atoms with E-state index >= 15 is 4.39 Å². The average molecular weight is 484 g/mol. The third kappa shape index (κ3) is 5.58. The Morgan fingerprint density at radius 1 is 1.14 bits per heavy atom. The highest BCUT2D eigenvalue weighted by Gasteiger charge is 2.49. The van der Waals surface area contributed by atoms with Gasteiger partial charge in [-0.3, -0.25) is 20.0 Å². The average Bonchev–Trinajstić information content (AvgIpc) is 2.84. The van der Waals surface area contributed by atoms with E-state index in [2.05, 4.69) is 10.3 Å². The number of carbonyl (C=O) groups is 2. The smallest absolute Gasteiger partial charge is 0.326 e. The van der Waals surface area contributed by atoms with Crippen LogP contribution in [0.1, 0.15) is 23.6 Å². The van der Waals surface area contributed by atoms with Crippen molar-refractivity contribution in [1.29, 1.82) is 5.41 Å². The molecular weight excluding hydrogens is 462 g/mol. The van der Waals surface area contributed by atoms with E-state index in [0.29, 0.717) is 11.1 Å². The van der Waals surface area contributed by atoms with Gasteiger partial charge in [-0.25, -0.2) is 8.78 Å². The Morgan fingerprint density at radius 3 is 2.43 bits per heavy atom. The summed E-state index contributed by atoms with van der Waals surface area (Å²) in [5, 5.41) is 9.89. The number of amides is 1. The van der Waals surface area contributed by atoms with Crippen molar-refractivity contribution in [3.05, 3.63) is 89.2 Å². The van der Waals surface area contributed by atoms with Crippen LogP contribution in [-0.2, 0) is 31.4 Å². The summed E-state index contributed by atoms with van der Waals surface area (Å²) in [6.45, 7) is 0.853. The lowest BCUT2D eigenvalue weighted by Crippen LogP contribution is -2.49. The monoisotopic (exact) mass is 484 g/mol. The maximum atomic E-state index is 15.5. The lowest BCUT2D eigenvalue weighted by atomic mass is 10.0. The van der Waals surface area contributed by atoms with Crippen LogP contribution < -0.4 is 15.8 Å². The number of amidine groups is 1. The summed E-state index contributed by atoms with van der Waals surface area (Å²) in [5.74, 6) is -7.90. The molecule has 0 aliphatic carbocycles. The quantitative estimate of drug-likeness (QED) is 0.184. The summed E-state index contributed by atoms with van der Waals surface area (Å²) in [6.07, 6.45) is 2.79. The van der Waals surface area contributed by atoms with Crippen LogP contribution in [0.5, 0.6) is 11.5 Å². The van der Waals surface area contributed by atoms with Gasteiger partial charge in [0.05, 0.1) is 6.20 Å². The number of hydrogen-bond acceptors (Lipinski definition) is 7. The van der Waals surface area contributed by atoms with Crippen LogP contribution in [0.4, 0.5) is 8.78 Å². The van der Waals surface area contributed by atoms with Crippen LogP contribution in [0, 0.1) is 17.0 Å². The molecule has 3 aromatic rings. The number of esters is 1. The number of nitrogens with zero attached hydrogens (tertiary/aromatic N) is 1. The first-order valence-electron chi connectivity index (χ1n) is 10.2. The standard InChI is InChI=1S/C24H22F2N4O5/c1-14(31)35-24(33-2,23(32)30-12-15-5-7-16(8-6-15)22(27)28)20-18(25)9-10-19(21(20)26)34-17-4-3-11-29-13-17/h3-11,13H,12H2,1-2H3,(H3,27,28)(H,30,32)/t24-/m0/s1. The molecule has 1 heterocycles. The molecule has 11 heteroatoms. The fourth-order valence-corrected chi connectivity index (χ4v) is 3.20. The van der Waals surface area contributed by atoms with E-state index in [4.69, 9.17) is 25.4 Å². The van der Waals surface area contributed by atoms with Crippen LogP contribution in [0.25, 0.3) is 0 Å². The van der Waals surface area contributed by atoms with Crippen molar-refractivity contribution in [2.75, 3.05) is 7.11 Å². The molecule has 0 spiro atoms. The van der Waals surface area contributed by atoms with Crippen LogP contribution in [0.15, 0.2) is 60.9 Å². The van der Waals surface area contributed by atoms with E-state index in [0.717, 1.165) is 26.2 Å². The van der Waals surface area contributed by atoms with Crippen molar-refractivity contribution in [3.63, 3.8) is 0 Å². The number of ether oxygens (including phenoxy) is 3. The van der Waals surface area contributed by atoms with Crippen molar-refractivity contribution in [2.45, 2.75) is 19.3 Å². The Kier molecular flexibility index (Phi) is 7.72. The SMILES string of the molecule is CO[C@@](OC(C)=O)(C(=O)NCc1ccc(C(=N)N)cc1)c1c(F)ccc(Oc2cccnc2)c1F. The number of nitrogens with one attached hydrogen (secondary N) is 2. The molecule has 9 nitrogen and oxygen atoms in total. The molecule has 0 saturated heterocycles. The number of methoxy groups -OCH3 is 1. The predicted molar refractivity (Wildman–Crippen MR) is 120 cm³/mol. The Balaban J connectivity index is 1.98. The Hall–Kier alpha value is -4.38. The van der Waals surface area contributed by atoms with Crippen LogP contribution >= 0.6 is 0 Å². The molecular formula is C24H22F2N4O5. The van der Waals surface area contributed by atoms with E-state index in [1.807, 2.05) is 0 Å². The van der Waals surface area contributed by atoms with Gasteiger partial charge in [-0.2, -0.15) is 0 Å². The summed E-state index contributed by atoms with van der Waals surface area (Å²) < 4.78 is 46.1. The molecule has 2 aromatic carbocycles. The minimum atomic E-state index is -2.80. The van der Waals surface area contributed by atoms with Gasteiger partial charge in [-0.05, 0) is 29.8 Å². The van der Waals surface area contributed by atoms with Crippen molar-refractivity contribution in [3.8, 4) is 11.5 Å². The highest BCUT2D eigenvalue weighted by atomic mass is 19.1. The van der Waals surface area contributed by atoms with Crippen molar-refractivity contribution >= 4 is 17.7 Å². The van der Waals surface area contributed by atoms with Gasteiger partial charge in [0.1, 0.15) is 23.0 Å². The number of pyridine rings is 1. The Bertz CT molecular complexity index is 1240. The van der Waals surface area contributed by atoms with Gasteiger partial charge in [0.15, 0.2) is 11.6 Å². The number of nitrogen functional groups attached to an aromatic ring is 1. The number of rotatable bonds is 9. The van der Waals surface area contributed by atoms with E-state index < -0.39 is 40.6 Å². The minimum Gasteiger partial charge on any atom is -0.453 e. The molecule has 35 heavy (non-hydrogen) atoms. The molecule has 3 rings (SSSR count). The molecule has 1 aromatic heterocycles. The second kappa shape index (κ2) is 10.7. The molecule has 0 aliphatic rings. The molecule has 1 atom stereocenters. The van der Waals surface area contributed by atoms with Crippen molar-refractivity contribution < 1.29 is 32.6 Å². The summed E-state index contributed by atoms with van der Waals surface area (Å²) >= 11 is 0. The van der Waals surface area contributed by atoms with Crippen LogP contribution in [-0.4, -0.2) is 29.8 Å². The van der Waals surface area contributed by atoms with Gasteiger partial charge in [-0.15, -0.1) is 0 Å². The fraction of sp³-hybridized carbons (Fsp3) is 0.167. The molecule has 0 aliphatic heterocycles. The van der Waals surface area contributed by atoms with E-state index in [9.17, 15) is 14.0 Å². The lowest BCUT2D eigenvalue weighted by molar-refractivity contribution is -0.226. The van der Waals surface area contributed by atoms with E-state index in [1.54, 1.807) is 30.3 Å². The summed E-state index contributed by atoms with van der Waals surface area (Å²) in [6, 6.07) is 11.2. The Morgan fingerprint density at radius 2 is 1.86 bits per heavy atom. The second-order valence-electron chi connectivity index (χ2n) is 7.23. The zero-order valence-corrected chi connectivity index (χ0v) is 18.8. The predicted octanol–water partition coefficient (Wildman–Crippen LogP) is 3.11. The molecule has 4 N–H and O–H groups in total. The maximum Gasteiger partial charge on any atom is 0.326 e. The topological polar surface area (TPSA) is 137 Å². The van der Waals surface area contributed by atoms with Gasteiger partial charge >= 0.3 is 11.8 Å². The van der Waals surface area contributed by atoms with Gasteiger partial charge in [-0.1, -0.05) is 24.3 Å². The third-order valence-corrected chi connectivity index (χ3v) is 4.84. The first-order valence-corrected chi connectivity index (χ1v) is 10.2. The molecule has 1 amide bonds.